The quantitative estimate of drug-likeness (QED) is 0.654. The lowest BCUT2D eigenvalue weighted by molar-refractivity contribution is -0.111. The van der Waals surface area contributed by atoms with Crippen molar-refractivity contribution in [2.45, 2.75) is 4.90 Å². The van der Waals surface area contributed by atoms with Crippen molar-refractivity contribution in [1.82, 2.24) is 0 Å². The maximum atomic E-state index is 11.8. The third-order valence-corrected chi connectivity index (χ3v) is 3.73. The van der Waals surface area contributed by atoms with Gasteiger partial charge in [-0.2, -0.15) is 0 Å². The van der Waals surface area contributed by atoms with Crippen molar-refractivity contribution < 1.29 is 4.79 Å². The molecule has 0 aliphatic carbocycles. The number of nitrogens with one attached hydrogen (secondary N) is 1. The van der Waals surface area contributed by atoms with Gasteiger partial charge in [0.15, 0.2) is 0 Å². The maximum absolute atomic E-state index is 11.8. The molecule has 2 aromatic carbocycles. The molecule has 0 spiro atoms. The van der Waals surface area contributed by atoms with Crippen LogP contribution >= 0.6 is 23.4 Å². The fourth-order valence-electron chi connectivity index (χ4n) is 1.66. The van der Waals surface area contributed by atoms with E-state index >= 15 is 0 Å². The van der Waals surface area contributed by atoms with Gasteiger partial charge >= 0.3 is 0 Å². The molecule has 0 atom stereocenters. The second-order valence-corrected chi connectivity index (χ2v) is 5.36. The smallest absolute Gasteiger partial charge is 0.248 e. The van der Waals surface area contributed by atoms with Gasteiger partial charge in [-0.05, 0) is 42.2 Å². The average Bonchev–Trinajstić information content (AvgIpc) is 2.46. The highest BCUT2D eigenvalue weighted by Gasteiger charge is 2.00. The van der Waals surface area contributed by atoms with E-state index in [1.807, 2.05) is 48.7 Å². The van der Waals surface area contributed by atoms with Gasteiger partial charge in [0.2, 0.25) is 5.91 Å². The SMILES string of the molecule is CSc1cccc(NC(=O)/C=C/c2ccccc2Cl)c1. The van der Waals surface area contributed by atoms with Crippen LogP contribution in [-0.4, -0.2) is 12.2 Å². The van der Waals surface area contributed by atoms with Gasteiger partial charge in [0.25, 0.3) is 0 Å². The summed E-state index contributed by atoms with van der Waals surface area (Å²) >= 11 is 7.66. The van der Waals surface area contributed by atoms with Gasteiger partial charge in [-0.1, -0.05) is 35.9 Å². The van der Waals surface area contributed by atoms with Crippen molar-refractivity contribution in [2.75, 3.05) is 11.6 Å². The highest BCUT2D eigenvalue weighted by atomic mass is 35.5. The molecule has 0 bridgehead atoms. The maximum Gasteiger partial charge on any atom is 0.248 e. The van der Waals surface area contributed by atoms with Gasteiger partial charge in [-0.3, -0.25) is 4.79 Å². The van der Waals surface area contributed by atoms with Crippen molar-refractivity contribution in [3.63, 3.8) is 0 Å². The number of rotatable bonds is 4. The predicted octanol–water partition coefficient (Wildman–Crippen LogP) is 4.71. The van der Waals surface area contributed by atoms with E-state index in [4.69, 9.17) is 11.6 Å². The minimum absolute atomic E-state index is 0.178. The molecule has 102 valence electrons. The zero-order chi connectivity index (χ0) is 14.4. The first kappa shape index (κ1) is 14.7. The van der Waals surface area contributed by atoms with E-state index in [1.165, 1.54) is 6.08 Å². The number of hydrogen-bond donors (Lipinski definition) is 1. The molecule has 4 heteroatoms. The molecular formula is C16H14ClNOS. The summed E-state index contributed by atoms with van der Waals surface area (Å²) in [5.41, 5.74) is 1.60. The molecule has 0 heterocycles. The highest BCUT2D eigenvalue weighted by molar-refractivity contribution is 7.98. The number of halogens is 1. The van der Waals surface area contributed by atoms with Crippen molar-refractivity contribution >= 4 is 41.0 Å². The molecule has 0 aromatic heterocycles. The number of benzene rings is 2. The summed E-state index contributed by atoms with van der Waals surface area (Å²) in [6.07, 6.45) is 5.18. The van der Waals surface area contributed by atoms with E-state index in [1.54, 1.807) is 23.9 Å². The van der Waals surface area contributed by atoms with Gasteiger partial charge in [0.05, 0.1) is 0 Å². The van der Waals surface area contributed by atoms with Crippen molar-refractivity contribution in [1.29, 1.82) is 0 Å². The second-order valence-electron chi connectivity index (χ2n) is 4.08. The number of hydrogen-bond acceptors (Lipinski definition) is 2. The van der Waals surface area contributed by atoms with E-state index in [0.717, 1.165) is 16.1 Å². The van der Waals surface area contributed by atoms with Crippen molar-refractivity contribution in [2.24, 2.45) is 0 Å². The first-order valence-electron chi connectivity index (χ1n) is 6.06. The van der Waals surface area contributed by atoms with E-state index in [2.05, 4.69) is 5.32 Å². The summed E-state index contributed by atoms with van der Waals surface area (Å²) in [6.45, 7) is 0. The topological polar surface area (TPSA) is 29.1 Å². The number of carbonyl (C=O) groups excluding carboxylic acids is 1. The zero-order valence-corrected chi connectivity index (χ0v) is 12.5. The molecule has 0 aliphatic rings. The molecule has 20 heavy (non-hydrogen) atoms. The van der Waals surface area contributed by atoms with Crippen molar-refractivity contribution in [3.8, 4) is 0 Å². The van der Waals surface area contributed by atoms with Crippen LogP contribution in [0.3, 0.4) is 0 Å². The summed E-state index contributed by atoms with van der Waals surface area (Å²) in [6, 6.07) is 15.1. The summed E-state index contributed by atoms with van der Waals surface area (Å²) < 4.78 is 0. The van der Waals surface area contributed by atoms with E-state index in [9.17, 15) is 4.79 Å². The standard InChI is InChI=1S/C16H14ClNOS/c1-20-14-7-4-6-13(11-14)18-16(19)10-9-12-5-2-3-8-15(12)17/h2-11H,1H3,(H,18,19)/b10-9+. The minimum atomic E-state index is -0.178. The molecule has 2 nitrogen and oxygen atoms in total. The number of amides is 1. The first-order chi connectivity index (χ1) is 9.69. The Hall–Kier alpha value is -1.71. The molecule has 0 saturated heterocycles. The van der Waals surface area contributed by atoms with Gasteiger partial charge < -0.3 is 5.32 Å². The minimum Gasteiger partial charge on any atom is -0.322 e. The normalized spacial score (nSPS) is 10.7. The van der Waals surface area contributed by atoms with E-state index in [0.29, 0.717) is 5.02 Å². The van der Waals surface area contributed by atoms with Gasteiger partial charge in [0.1, 0.15) is 0 Å². The van der Waals surface area contributed by atoms with Crippen LogP contribution < -0.4 is 5.32 Å². The fraction of sp³-hybridized carbons (Fsp3) is 0.0625. The molecule has 1 N–H and O–H groups in total. The largest absolute Gasteiger partial charge is 0.322 e. The summed E-state index contributed by atoms with van der Waals surface area (Å²) in [5, 5.41) is 3.45. The number of carbonyl (C=O) groups is 1. The van der Waals surface area contributed by atoms with Crippen LogP contribution in [0.4, 0.5) is 5.69 Å². The van der Waals surface area contributed by atoms with E-state index in [-0.39, 0.29) is 5.91 Å². The summed E-state index contributed by atoms with van der Waals surface area (Å²) in [7, 11) is 0. The Labute approximate surface area is 127 Å². The number of anilines is 1. The van der Waals surface area contributed by atoms with Crippen LogP contribution in [0.25, 0.3) is 6.08 Å². The molecule has 0 saturated carbocycles. The van der Waals surface area contributed by atoms with Crippen LogP contribution in [0.5, 0.6) is 0 Å². The molecular weight excluding hydrogens is 290 g/mol. The Morgan fingerprint density at radius 3 is 2.75 bits per heavy atom. The Morgan fingerprint density at radius 1 is 1.20 bits per heavy atom. The average molecular weight is 304 g/mol. The molecule has 0 unspecified atom stereocenters. The van der Waals surface area contributed by atoms with Crippen LogP contribution in [-0.2, 0) is 4.79 Å². The summed E-state index contributed by atoms with van der Waals surface area (Å²) in [5.74, 6) is -0.178. The molecule has 0 fully saturated rings. The first-order valence-corrected chi connectivity index (χ1v) is 7.67. The van der Waals surface area contributed by atoms with E-state index < -0.39 is 0 Å². The number of thioether (sulfide) groups is 1. The Balaban J connectivity index is 2.04. The molecule has 0 radical (unpaired) electrons. The molecule has 0 aliphatic heterocycles. The van der Waals surface area contributed by atoms with Crippen molar-refractivity contribution in [3.05, 3.63) is 65.2 Å². The fourth-order valence-corrected chi connectivity index (χ4v) is 2.32. The lowest BCUT2D eigenvalue weighted by Crippen LogP contribution is -2.07. The van der Waals surface area contributed by atoms with Gasteiger partial charge in [-0.25, -0.2) is 0 Å². The second kappa shape index (κ2) is 7.17. The Morgan fingerprint density at radius 2 is 2.00 bits per heavy atom. The third kappa shape index (κ3) is 4.15. The van der Waals surface area contributed by atoms with Crippen LogP contribution in [0, 0.1) is 0 Å². The van der Waals surface area contributed by atoms with Crippen LogP contribution in [0.2, 0.25) is 5.02 Å². The lowest BCUT2D eigenvalue weighted by atomic mass is 10.2. The molecule has 1 amide bonds. The summed E-state index contributed by atoms with van der Waals surface area (Å²) in [4.78, 5) is 13.0. The van der Waals surface area contributed by atoms with Gasteiger partial charge in [0, 0.05) is 21.7 Å². The Bertz CT molecular complexity index is 640. The van der Waals surface area contributed by atoms with Crippen LogP contribution in [0.15, 0.2) is 59.5 Å². The highest BCUT2D eigenvalue weighted by Crippen LogP contribution is 2.19. The lowest BCUT2D eigenvalue weighted by Gasteiger charge is -2.04. The van der Waals surface area contributed by atoms with Crippen LogP contribution in [0.1, 0.15) is 5.56 Å². The third-order valence-electron chi connectivity index (χ3n) is 2.66. The van der Waals surface area contributed by atoms with Gasteiger partial charge in [-0.15, -0.1) is 11.8 Å². The Kier molecular flexibility index (Phi) is 5.27. The monoisotopic (exact) mass is 303 g/mol. The molecule has 2 aromatic rings. The molecule has 2 rings (SSSR count). The zero-order valence-electron chi connectivity index (χ0n) is 11.0. The predicted molar refractivity (Wildman–Crippen MR) is 87.3 cm³/mol.